The number of hydrogen-bond acceptors (Lipinski definition) is 5. The summed E-state index contributed by atoms with van der Waals surface area (Å²) in [6, 6.07) is 19.1. The molecule has 140 valence electrons. The van der Waals surface area contributed by atoms with Gasteiger partial charge in [0.15, 0.2) is 0 Å². The van der Waals surface area contributed by atoms with Gasteiger partial charge in [0.1, 0.15) is 19.0 Å². The van der Waals surface area contributed by atoms with Gasteiger partial charge in [-0.1, -0.05) is 72.8 Å². The van der Waals surface area contributed by atoms with Gasteiger partial charge in [0.25, 0.3) is 0 Å². The lowest BCUT2D eigenvalue weighted by Crippen LogP contribution is -2.27. The minimum absolute atomic E-state index is 0.218. The lowest BCUT2D eigenvalue weighted by Gasteiger charge is -2.25. The van der Waals surface area contributed by atoms with Crippen molar-refractivity contribution in [3.63, 3.8) is 0 Å². The van der Waals surface area contributed by atoms with Gasteiger partial charge in [0.2, 0.25) is 5.95 Å². The molecule has 3 aromatic rings. The predicted octanol–water partition coefficient (Wildman–Crippen LogP) is 3.98. The van der Waals surface area contributed by atoms with Gasteiger partial charge in [-0.3, -0.25) is 0 Å². The van der Waals surface area contributed by atoms with Gasteiger partial charge in [-0.05, 0) is 18.1 Å². The normalized spacial score (nSPS) is 16.0. The van der Waals surface area contributed by atoms with Crippen LogP contribution in [-0.2, 0) is 16.1 Å². The van der Waals surface area contributed by atoms with Crippen LogP contribution in [0.25, 0.3) is 6.08 Å². The molecule has 0 amide bonds. The van der Waals surface area contributed by atoms with E-state index < -0.39 is 6.04 Å². The maximum atomic E-state index is 12.9. The number of rotatable bonds is 5. The molecule has 0 spiro atoms. The van der Waals surface area contributed by atoms with Crippen molar-refractivity contribution in [3.05, 3.63) is 95.5 Å². The summed E-state index contributed by atoms with van der Waals surface area (Å²) in [5.74, 6) is 0.220. The molecule has 0 fully saturated rings. The van der Waals surface area contributed by atoms with Crippen molar-refractivity contribution in [2.75, 3.05) is 5.32 Å². The van der Waals surface area contributed by atoms with Gasteiger partial charge in [0.05, 0.1) is 5.57 Å². The molecule has 1 aromatic heterocycles. The van der Waals surface area contributed by atoms with E-state index in [1.807, 2.05) is 79.7 Å². The number of allylic oxidation sites excluding steroid dienone is 2. The third-order valence-electron chi connectivity index (χ3n) is 4.54. The molecule has 0 saturated carbocycles. The molecule has 6 nitrogen and oxygen atoms in total. The highest BCUT2D eigenvalue weighted by molar-refractivity contribution is 5.92. The molecule has 0 bridgehead atoms. The largest absolute Gasteiger partial charge is 0.457 e. The number of ether oxygens (including phenoxy) is 1. The van der Waals surface area contributed by atoms with Crippen molar-refractivity contribution in [1.29, 1.82) is 0 Å². The second-order valence-corrected chi connectivity index (χ2v) is 6.47. The quantitative estimate of drug-likeness (QED) is 0.686. The Morgan fingerprint density at radius 1 is 1.14 bits per heavy atom. The molecule has 0 unspecified atom stereocenters. The fourth-order valence-electron chi connectivity index (χ4n) is 3.14. The van der Waals surface area contributed by atoms with Gasteiger partial charge >= 0.3 is 5.97 Å². The number of esters is 1. The van der Waals surface area contributed by atoms with Crippen LogP contribution in [0.5, 0.6) is 0 Å². The summed E-state index contributed by atoms with van der Waals surface area (Å²) in [7, 11) is 0. The summed E-state index contributed by atoms with van der Waals surface area (Å²) in [5.41, 5.74) is 3.20. The van der Waals surface area contributed by atoms with Gasteiger partial charge in [-0.25, -0.2) is 9.48 Å². The van der Waals surface area contributed by atoms with Gasteiger partial charge < -0.3 is 10.1 Å². The molecular formula is C22H20N4O2. The number of carbonyl (C=O) groups excluding carboxylic acids is 1. The average Bonchev–Trinajstić information content (AvgIpc) is 3.19. The Labute approximate surface area is 163 Å². The zero-order valence-corrected chi connectivity index (χ0v) is 15.4. The monoisotopic (exact) mass is 372 g/mol. The molecule has 0 radical (unpaired) electrons. The number of anilines is 1. The SMILES string of the molecule is CC1=C(C(=O)OCc2ccccc2)[C@@H](/C=C/c2ccccc2)n2ncnc2N1. The molecular weight excluding hydrogens is 352 g/mol. The molecule has 28 heavy (non-hydrogen) atoms. The highest BCUT2D eigenvalue weighted by Crippen LogP contribution is 2.31. The second kappa shape index (κ2) is 7.92. The number of aromatic nitrogens is 3. The van der Waals surface area contributed by atoms with Crippen LogP contribution < -0.4 is 5.32 Å². The van der Waals surface area contributed by atoms with Gasteiger partial charge in [0, 0.05) is 5.70 Å². The van der Waals surface area contributed by atoms with E-state index >= 15 is 0 Å². The van der Waals surface area contributed by atoms with E-state index in [0.717, 1.165) is 11.1 Å². The third-order valence-corrected chi connectivity index (χ3v) is 4.54. The minimum Gasteiger partial charge on any atom is -0.457 e. The van der Waals surface area contributed by atoms with Crippen molar-refractivity contribution in [1.82, 2.24) is 14.8 Å². The molecule has 4 rings (SSSR count). The van der Waals surface area contributed by atoms with Gasteiger partial charge in [-0.15, -0.1) is 0 Å². The number of fused-ring (bicyclic) bond motifs is 1. The molecule has 0 aliphatic carbocycles. The maximum absolute atomic E-state index is 12.9. The smallest absolute Gasteiger partial charge is 0.338 e. The number of benzene rings is 2. The highest BCUT2D eigenvalue weighted by atomic mass is 16.5. The van der Waals surface area contributed by atoms with E-state index in [1.54, 1.807) is 4.68 Å². The number of nitrogens with zero attached hydrogens (tertiary/aromatic N) is 3. The maximum Gasteiger partial charge on any atom is 0.338 e. The van der Waals surface area contributed by atoms with E-state index in [1.165, 1.54) is 6.33 Å². The van der Waals surface area contributed by atoms with Crippen LogP contribution in [0.15, 0.2) is 84.3 Å². The highest BCUT2D eigenvalue weighted by Gasteiger charge is 2.31. The molecule has 1 aliphatic heterocycles. The van der Waals surface area contributed by atoms with Crippen LogP contribution in [0.3, 0.4) is 0 Å². The summed E-state index contributed by atoms with van der Waals surface area (Å²) < 4.78 is 7.27. The first-order valence-electron chi connectivity index (χ1n) is 9.04. The second-order valence-electron chi connectivity index (χ2n) is 6.47. The summed E-state index contributed by atoms with van der Waals surface area (Å²) >= 11 is 0. The number of carbonyl (C=O) groups is 1. The Bertz CT molecular complexity index is 1020. The number of hydrogen-bond donors (Lipinski definition) is 1. The van der Waals surface area contributed by atoms with Crippen LogP contribution in [0.4, 0.5) is 5.95 Å². The van der Waals surface area contributed by atoms with Crippen LogP contribution >= 0.6 is 0 Å². The van der Waals surface area contributed by atoms with Crippen LogP contribution in [0.1, 0.15) is 24.1 Å². The van der Waals surface area contributed by atoms with Crippen LogP contribution in [0.2, 0.25) is 0 Å². The lowest BCUT2D eigenvalue weighted by atomic mass is 10.0. The molecule has 1 aliphatic rings. The zero-order chi connectivity index (χ0) is 19.3. The molecule has 6 heteroatoms. The van der Waals surface area contributed by atoms with E-state index in [4.69, 9.17) is 4.74 Å². The standard InChI is InChI=1S/C22H20N4O2/c1-16-20(21(27)28-14-18-10-6-3-7-11-18)19(26-22(25-16)23-15-24-26)13-12-17-8-4-2-5-9-17/h2-13,15,19H,14H2,1H3,(H,23,24,25)/b13-12+/t19-/m1/s1. The van der Waals surface area contributed by atoms with E-state index in [0.29, 0.717) is 17.2 Å². The van der Waals surface area contributed by atoms with Crippen molar-refractivity contribution < 1.29 is 9.53 Å². The topological polar surface area (TPSA) is 69.0 Å². The third kappa shape index (κ3) is 3.71. The van der Waals surface area contributed by atoms with Crippen molar-refractivity contribution >= 4 is 18.0 Å². The predicted molar refractivity (Wildman–Crippen MR) is 107 cm³/mol. The fourth-order valence-corrected chi connectivity index (χ4v) is 3.14. The molecule has 1 N–H and O–H groups in total. The lowest BCUT2D eigenvalue weighted by molar-refractivity contribution is -0.140. The first-order chi connectivity index (χ1) is 13.7. The molecule has 1 atom stereocenters. The summed E-state index contributed by atoms with van der Waals surface area (Å²) in [5, 5.41) is 7.42. The Morgan fingerprint density at radius 2 is 1.86 bits per heavy atom. The van der Waals surface area contributed by atoms with Crippen LogP contribution in [-0.4, -0.2) is 20.7 Å². The Morgan fingerprint density at radius 3 is 2.61 bits per heavy atom. The minimum atomic E-state index is -0.401. The fraction of sp³-hybridized carbons (Fsp3) is 0.136. The number of nitrogens with one attached hydrogen (secondary N) is 1. The van der Waals surface area contributed by atoms with Crippen LogP contribution in [0, 0.1) is 0 Å². The molecule has 0 saturated heterocycles. The van der Waals surface area contributed by atoms with Gasteiger partial charge in [-0.2, -0.15) is 10.1 Å². The van der Waals surface area contributed by atoms with Crippen molar-refractivity contribution in [2.24, 2.45) is 0 Å². The van der Waals surface area contributed by atoms with E-state index in [2.05, 4.69) is 15.4 Å². The van der Waals surface area contributed by atoms with Crippen molar-refractivity contribution in [3.8, 4) is 0 Å². The zero-order valence-electron chi connectivity index (χ0n) is 15.4. The Hall–Kier alpha value is -3.67. The summed E-state index contributed by atoms with van der Waals surface area (Å²) in [6.45, 7) is 2.07. The Balaban J connectivity index is 1.61. The van der Waals surface area contributed by atoms with E-state index in [-0.39, 0.29) is 12.6 Å². The average molecular weight is 372 g/mol. The Kier molecular flexibility index (Phi) is 5.01. The molecule has 2 heterocycles. The summed E-state index contributed by atoms with van der Waals surface area (Å²) in [6.07, 6.45) is 5.38. The van der Waals surface area contributed by atoms with E-state index in [9.17, 15) is 4.79 Å². The first kappa shape index (κ1) is 17.7. The first-order valence-corrected chi connectivity index (χ1v) is 9.04. The summed E-state index contributed by atoms with van der Waals surface area (Å²) in [4.78, 5) is 17.1. The van der Waals surface area contributed by atoms with Crippen molar-refractivity contribution in [2.45, 2.75) is 19.6 Å². The molecule has 2 aromatic carbocycles.